The van der Waals surface area contributed by atoms with E-state index in [-0.39, 0.29) is 0 Å². The predicted octanol–water partition coefficient (Wildman–Crippen LogP) is 4.33. The molecule has 0 amide bonds. The first-order valence-electron chi connectivity index (χ1n) is 8.22. The summed E-state index contributed by atoms with van der Waals surface area (Å²) in [7, 11) is 0. The van der Waals surface area contributed by atoms with Gasteiger partial charge in [-0.25, -0.2) is 0 Å². The average Bonchev–Trinajstić information content (AvgIpc) is 2.97. The predicted molar refractivity (Wildman–Crippen MR) is 99.2 cm³/mol. The molecule has 1 atom stereocenters. The van der Waals surface area contributed by atoms with Crippen molar-refractivity contribution < 1.29 is 5.11 Å². The third-order valence-electron chi connectivity index (χ3n) is 4.13. The van der Waals surface area contributed by atoms with E-state index in [0.717, 1.165) is 24.3 Å². The quantitative estimate of drug-likeness (QED) is 0.678. The van der Waals surface area contributed by atoms with Crippen LogP contribution in [0, 0.1) is 0 Å². The summed E-state index contributed by atoms with van der Waals surface area (Å²) < 4.78 is 1.26. The van der Waals surface area contributed by atoms with E-state index >= 15 is 0 Å². The van der Waals surface area contributed by atoms with E-state index in [0.29, 0.717) is 6.54 Å². The molecule has 1 heterocycles. The summed E-state index contributed by atoms with van der Waals surface area (Å²) >= 11 is 1.73. The van der Waals surface area contributed by atoms with Crippen LogP contribution in [0.25, 0.3) is 10.1 Å². The summed E-state index contributed by atoms with van der Waals surface area (Å²) in [6.45, 7) is 3.55. The lowest BCUT2D eigenvalue weighted by molar-refractivity contribution is 0.178. The zero-order valence-electron chi connectivity index (χ0n) is 13.5. The number of benzene rings is 2. The molecule has 2 nitrogen and oxygen atoms in total. The van der Waals surface area contributed by atoms with E-state index in [1.165, 1.54) is 21.2 Å². The number of rotatable bonds is 7. The van der Waals surface area contributed by atoms with Gasteiger partial charge in [0.1, 0.15) is 6.10 Å². The first kappa shape index (κ1) is 16.2. The van der Waals surface area contributed by atoms with Crippen molar-refractivity contribution in [2.45, 2.75) is 25.9 Å². The zero-order valence-corrected chi connectivity index (χ0v) is 14.3. The molecule has 0 fully saturated rings. The summed E-state index contributed by atoms with van der Waals surface area (Å²) in [5, 5.41) is 15.1. The van der Waals surface area contributed by atoms with Crippen LogP contribution in [-0.2, 0) is 12.8 Å². The van der Waals surface area contributed by atoms with Crippen LogP contribution in [0.3, 0.4) is 0 Å². The summed E-state index contributed by atoms with van der Waals surface area (Å²) in [4.78, 5) is 1.11. The molecule has 120 valence electrons. The van der Waals surface area contributed by atoms with Gasteiger partial charge in [-0.15, -0.1) is 11.3 Å². The van der Waals surface area contributed by atoms with Gasteiger partial charge in [-0.05, 0) is 42.0 Å². The smallest absolute Gasteiger partial charge is 0.101 e. The Hall–Kier alpha value is -1.68. The molecular formula is C20H23NOS. The van der Waals surface area contributed by atoms with Gasteiger partial charge >= 0.3 is 0 Å². The molecule has 0 saturated carbocycles. The van der Waals surface area contributed by atoms with Crippen LogP contribution in [0.4, 0.5) is 0 Å². The third-order valence-corrected chi connectivity index (χ3v) is 5.44. The van der Waals surface area contributed by atoms with Crippen molar-refractivity contribution in [2.24, 2.45) is 0 Å². The van der Waals surface area contributed by atoms with Crippen LogP contribution in [0.5, 0.6) is 0 Å². The molecule has 3 aromatic rings. The van der Waals surface area contributed by atoms with Gasteiger partial charge in [0.15, 0.2) is 0 Å². The van der Waals surface area contributed by atoms with Crippen molar-refractivity contribution in [3.8, 4) is 0 Å². The van der Waals surface area contributed by atoms with Gasteiger partial charge in [0.2, 0.25) is 0 Å². The van der Waals surface area contributed by atoms with E-state index in [1.807, 2.05) is 0 Å². The second-order valence-corrected chi connectivity index (χ2v) is 6.83. The number of hydrogen-bond donors (Lipinski definition) is 2. The largest absolute Gasteiger partial charge is 0.386 e. The van der Waals surface area contributed by atoms with Gasteiger partial charge in [0, 0.05) is 16.1 Å². The number of hydrogen-bond acceptors (Lipinski definition) is 3. The van der Waals surface area contributed by atoms with Crippen molar-refractivity contribution in [3.63, 3.8) is 0 Å². The summed E-state index contributed by atoms with van der Waals surface area (Å²) in [5.41, 5.74) is 2.65. The van der Waals surface area contributed by atoms with Gasteiger partial charge < -0.3 is 10.4 Å². The summed E-state index contributed by atoms with van der Waals surface area (Å²) in [5.74, 6) is 0. The Labute approximate surface area is 141 Å². The minimum Gasteiger partial charge on any atom is -0.386 e. The Morgan fingerprint density at radius 2 is 1.74 bits per heavy atom. The highest BCUT2D eigenvalue weighted by Gasteiger charge is 2.18. The molecule has 1 aromatic heterocycles. The van der Waals surface area contributed by atoms with Crippen LogP contribution in [0.2, 0.25) is 0 Å². The maximum atomic E-state index is 10.6. The number of aryl methyl sites for hydroxylation is 2. The molecule has 3 rings (SSSR count). The number of aliphatic hydroxyl groups excluding tert-OH is 1. The van der Waals surface area contributed by atoms with Crippen LogP contribution in [0.15, 0.2) is 54.6 Å². The first-order valence-corrected chi connectivity index (χ1v) is 9.04. The minimum absolute atomic E-state index is 0.432. The number of nitrogens with one attached hydrogen (secondary N) is 1. The Morgan fingerprint density at radius 1 is 1.00 bits per heavy atom. The maximum Gasteiger partial charge on any atom is 0.101 e. The van der Waals surface area contributed by atoms with Crippen molar-refractivity contribution in [3.05, 3.63) is 70.6 Å². The molecule has 0 aliphatic rings. The highest BCUT2D eigenvalue weighted by Crippen LogP contribution is 2.36. The molecule has 23 heavy (non-hydrogen) atoms. The number of aliphatic hydroxyl groups is 1. The standard InChI is InChI=1S/C20H23NOS/c1-2-21-14-18(22)20-17(13-12-15-8-4-3-5-9-15)16-10-6-7-11-19(16)23-20/h3-11,18,21-22H,2,12-14H2,1H3/t18-/m0/s1. The molecule has 0 unspecified atom stereocenters. The lowest BCUT2D eigenvalue weighted by atomic mass is 10.00. The molecule has 0 bridgehead atoms. The lowest BCUT2D eigenvalue weighted by Gasteiger charge is -2.12. The molecule has 2 aromatic carbocycles. The van der Waals surface area contributed by atoms with Gasteiger partial charge in [-0.1, -0.05) is 55.5 Å². The fraction of sp³-hybridized carbons (Fsp3) is 0.300. The van der Waals surface area contributed by atoms with Crippen LogP contribution in [-0.4, -0.2) is 18.2 Å². The fourth-order valence-electron chi connectivity index (χ4n) is 2.93. The van der Waals surface area contributed by atoms with E-state index in [2.05, 4.69) is 66.8 Å². The Morgan fingerprint density at radius 3 is 2.52 bits per heavy atom. The van der Waals surface area contributed by atoms with E-state index in [1.54, 1.807) is 11.3 Å². The highest BCUT2D eigenvalue weighted by atomic mass is 32.1. The van der Waals surface area contributed by atoms with Crippen molar-refractivity contribution >= 4 is 21.4 Å². The van der Waals surface area contributed by atoms with Crippen LogP contribution < -0.4 is 5.32 Å². The SMILES string of the molecule is CCNC[C@H](O)c1sc2ccccc2c1CCc1ccccc1. The lowest BCUT2D eigenvalue weighted by Crippen LogP contribution is -2.21. The van der Waals surface area contributed by atoms with E-state index in [9.17, 15) is 5.11 Å². The normalized spacial score (nSPS) is 12.6. The molecule has 0 spiro atoms. The second kappa shape index (κ2) is 7.73. The second-order valence-electron chi connectivity index (χ2n) is 5.75. The van der Waals surface area contributed by atoms with Crippen molar-refractivity contribution in [1.82, 2.24) is 5.32 Å². The zero-order chi connectivity index (χ0) is 16.1. The Bertz CT molecular complexity index is 751. The van der Waals surface area contributed by atoms with Crippen LogP contribution in [0.1, 0.15) is 29.0 Å². The molecular weight excluding hydrogens is 302 g/mol. The topological polar surface area (TPSA) is 32.3 Å². The molecule has 0 radical (unpaired) electrons. The first-order chi connectivity index (χ1) is 11.3. The Balaban J connectivity index is 1.89. The van der Waals surface area contributed by atoms with Crippen molar-refractivity contribution in [2.75, 3.05) is 13.1 Å². The third kappa shape index (κ3) is 3.81. The van der Waals surface area contributed by atoms with Gasteiger partial charge in [-0.3, -0.25) is 0 Å². The van der Waals surface area contributed by atoms with Crippen molar-refractivity contribution in [1.29, 1.82) is 0 Å². The fourth-order valence-corrected chi connectivity index (χ4v) is 4.17. The molecule has 0 aliphatic carbocycles. The molecule has 0 aliphatic heterocycles. The molecule has 0 saturated heterocycles. The maximum absolute atomic E-state index is 10.6. The molecule has 2 N–H and O–H groups in total. The van der Waals surface area contributed by atoms with Crippen LogP contribution >= 0.6 is 11.3 Å². The average molecular weight is 325 g/mol. The highest BCUT2D eigenvalue weighted by molar-refractivity contribution is 7.19. The summed E-state index contributed by atoms with van der Waals surface area (Å²) in [6.07, 6.45) is 1.54. The van der Waals surface area contributed by atoms with Gasteiger partial charge in [0.05, 0.1) is 0 Å². The Kier molecular flexibility index (Phi) is 5.44. The van der Waals surface area contributed by atoms with E-state index < -0.39 is 6.10 Å². The monoisotopic (exact) mass is 325 g/mol. The number of likely N-dealkylation sites (N-methyl/N-ethyl adjacent to an activating group) is 1. The number of thiophene rings is 1. The van der Waals surface area contributed by atoms with E-state index in [4.69, 9.17) is 0 Å². The molecule has 3 heteroatoms. The number of fused-ring (bicyclic) bond motifs is 1. The van der Waals surface area contributed by atoms with Gasteiger partial charge in [0.25, 0.3) is 0 Å². The summed E-state index contributed by atoms with van der Waals surface area (Å²) in [6, 6.07) is 19.0. The van der Waals surface area contributed by atoms with Gasteiger partial charge in [-0.2, -0.15) is 0 Å². The minimum atomic E-state index is -0.432.